The molecule has 4 rings (SSSR count). The van der Waals surface area contributed by atoms with Crippen molar-refractivity contribution in [3.63, 3.8) is 0 Å². The highest BCUT2D eigenvalue weighted by Gasteiger charge is 2.17. The molecule has 1 fully saturated rings. The average molecular weight is 393 g/mol. The van der Waals surface area contributed by atoms with Gasteiger partial charge in [0.1, 0.15) is 11.6 Å². The molecule has 1 aliphatic rings. The molecular formula is C22H27N5O2. The molecule has 1 N–H and O–H groups in total. The predicted molar refractivity (Wildman–Crippen MR) is 113 cm³/mol. The van der Waals surface area contributed by atoms with Crippen molar-refractivity contribution in [1.29, 1.82) is 0 Å². The van der Waals surface area contributed by atoms with Crippen LogP contribution in [0, 0.1) is 5.92 Å². The van der Waals surface area contributed by atoms with E-state index >= 15 is 0 Å². The topological polar surface area (TPSA) is 76.3 Å². The highest BCUT2D eigenvalue weighted by molar-refractivity contribution is 5.69. The largest absolute Gasteiger partial charge is 0.497 e. The third-order valence-corrected chi connectivity index (χ3v) is 5.40. The molecule has 3 heterocycles. The van der Waals surface area contributed by atoms with Gasteiger partial charge in [0, 0.05) is 24.8 Å². The monoisotopic (exact) mass is 393 g/mol. The molecule has 152 valence electrons. The first-order valence-electron chi connectivity index (χ1n) is 10.1. The summed E-state index contributed by atoms with van der Waals surface area (Å²) in [7, 11) is 1.64. The van der Waals surface area contributed by atoms with E-state index in [1.54, 1.807) is 13.3 Å². The minimum absolute atomic E-state index is 0.457. The maximum absolute atomic E-state index is 5.92. The Bertz CT molecular complexity index is 917. The van der Waals surface area contributed by atoms with Crippen LogP contribution in [0.1, 0.15) is 19.8 Å². The summed E-state index contributed by atoms with van der Waals surface area (Å²) in [5.74, 6) is 3.33. The molecule has 7 heteroatoms. The number of pyridine rings is 1. The lowest BCUT2D eigenvalue weighted by atomic mass is 9.99. The standard InChI is InChI=1S/C22H27N5O2/c1-16-9-13-27(14-10-16)15-12-24-20-19(4-3-11-23-20)22-26-25-21(29-22)17-5-7-18(28-2)8-6-17/h3-8,11,16H,9-10,12-15H2,1-2H3,(H,23,24). The number of anilines is 1. The Balaban J connectivity index is 1.43. The number of nitrogens with one attached hydrogen (secondary N) is 1. The molecule has 1 aliphatic heterocycles. The first-order chi connectivity index (χ1) is 14.2. The third kappa shape index (κ3) is 4.74. The Labute approximate surface area is 171 Å². The summed E-state index contributed by atoms with van der Waals surface area (Å²) in [6.07, 6.45) is 4.34. The minimum atomic E-state index is 0.457. The zero-order valence-corrected chi connectivity index (χ0v) is 17.0. The molecule has 0 saturated carbocycles. The molecule has 0 bridgehead atoms. The van der Waals surface area contributed by atoms with E-state index in [4.69, 9.17) is 9.15 Å². The molecule has 0 amide bonds. The summed E-state index contributed by atoms with van der Waals surface area (Å²) in [4.78, 5) is 6.98. The van der Waals surface area contributed by atoms with Gasteiger partial charge in [0.2, 0.25) is 5.89 Å². The smallest absolute Gasteiger partial charge is 0.251 e. The van der Waals surface area contributed by atoms with Crippen LogP contribution < -0.4 is 10.1 Å². The number of benzene rings is 1. The third-order valence-electron chi connectivity index (χ3n) is 5.40. The van der Waals surface area contributed by atoms with Gasteiger partial charge in [0.05, 0.1) is 12.7 Å². The lowest BCUT2D eigenvalue weighted by Crippen LogP contribution is -2.36. The number of rotatable bonds is 7. The summed E-state index contributed by atoms with van der Waals surface area (Å²) >= 11 is 0. The molecule has 0 aliphatic carbocycles. The van der Waals surface area contributed by atoms with Crippen LogP contribution in [0.2, 0.25) is 0 Å². The Kier molecular flexibility index (Phi) is 6.05. The Morgan fingerprint density at radius 3 is 2.62 bits per heavy atom. The summed E-state index contributed by atoms with van der Waals surface area (Å²) < 4.78 is 11.1. The van der Waals surface area contributed by atoms with Gasteiger partial charge in [-0.05, 0) is 68.2 Å². The molecular weight excluding hydrogens is 366 g/mol. The van der Waals surface area contributed by atoms with Gasteiger partial charge in [-0.1, -0.05) is 6.92 Å². The van der Waals surface area contributed by atoms with Gasteiger partial charge < -0.3 is 19.4 Å². The highest BCUT2D eigenvalue weighted by atomic mass is 16.5. The second-order valence-electron chi connectivity index (χ2n) is 7.49. The van der Waals surface area contributed by atoms with Crippen molar-refractivity contribution < 1.29 is 9.15 Å². The van der Waals surface area contributed by atoms with Crippen molar-refractivity contribution >= 4 is 5.82 Å². The zero-order chi connectivity index (χ0) is 20.1. The van der Waals surface area contributed by atoms with E-state index in [-0.39, 0.29) is 0 Å². The van der Waals surface area contributed by atoms with Crippen molar-refractivity contribution in [2.24, 2.45) is 5.92 Å². The van der Waals surface area contributed by atoms with Crippen LogP contribution in [-0.2, 0) is 0 Å². The highest BCUT2D eigenvalue weighted by Crippen LogP contribution is 2.28. The fourth-order valence-electron chi connectivity index (χ4n) is 3.52. The van der Waals surface area contributed by atoms with Crippen LogP contribution in [0.15, 0.2) is 47.0 Å². The molecule has 0 atom stereocenters. The van der Waals surface area contributed by atoms with Crippen LogP contribution in [0.5, 0.6) is 5.75 Å². The van der Waals surface area contributed by atoms with Gasteiger partial charge in [-0.25, -0.2) is 4.98 Å². The normalized spacial score (nSPS) is 15.4. The van der Waals surface area contributed by atoms with Crippen LogP contribution >= 0.6 is 0 Å². The van der Waals surface area contributed by atoms with E-state index in [1.807, 2.05) is 36.4 Å². The molecule has 7 nitrogen and oxygen atoms in total. The molecule has 3 aromatic rings. The number of methoxy groups -OCH3 is 1. The number of hydrogen-bond acceptors (Lipinski definition) is 7. The Hall–Kier alpha value is -2.93. The maximum atomic E-state index is 5.92. The zero-order valence-electron chi connectivity index (χ0n) is 17.0. The minimum Gasteiger partial charge on any atom is -0.497 e. The van der Waals surface area contributed by atoms with Gasteiger partial charge >= 0.3 is 0 Å². The van der Waals surface area contributed by atoms with Crippen LogP contribution in [0.25, 0.3) is 22.9 Å². The molecule has 0 spiro atoms. The molecule has 29 heavy (non-hydrogen) atoms. The quantitative estimate of drug-likeness (QED) is 0.651. The van der Waals surface area contributed by atoms with E-state index in [0.717, 1.165) is 41.7 Å². The number of likely N-dealkylation sites (tertiary alicyclic amines) is 1. The Morgan fingerprint density at radius 1 is 1.10 bits per heavy atom. The van der Waals surface area contributed by atoms with E-state index in [1.165, 1.54) is 25.9 Å². The summed E-state index contributed by atoms with van der Waals surface area (Å²) in [6, 6.07) is 11.4. The van der Waals surface area contributed by atoms with E-state index in [2.05, 4.69) is 32.3 Å². The predicted octanol–water partition coefficient (Wildman–Crippen LogP) is 3.95. The van der Waals surface area contributed by atoms with Crippen LogP contribution in [0.3, 0.4) is 0 Å². The van der Waals surface area contributed by atoms with E-state index in [0.29, 0.717) is 11.8 Å². The lowest BCUT2D eigenvalue weighted by Gasteiger charge is -2.30. The lowest BCUT2D eigenvalue weighted by molar-refractivity contribution is 0.199. The summed E-state index contributed by atoms with van der Waals surface area (Å²) in [5.41, 5.74) is 1.66. The van der Waals surface area contributed by atoms with E-state index < -0.39 is 0 Å². The average Bonchev–Trinajstić information content (AvgIpc) is 3.26. The van der Waals surface area contributed by atoms with Crippen LogP contribution in [-0.4, -0.2) is 53.4 Å². The molecule has 1 saturated heterocycles. The molecule has 0 radical (unpaired) electrons. The second kappa shape index (κ2) is 9.05. The van der Waals surface area contributed by atoms with Crippen molar-refractivity contribution in [3.8, 4) is 28.7 Å². The SMILES string of the molecule is COc1ccc(-c2nnc(-c3cccnc3NCCN3CCC(C)CC3)o2)cc1. The van der Waals surface area contributed by atoms with Crippen molar-refractivity contribution in [2.45, 2.75) is 19.8 Å². The van der Waals surface area contributed by atoms with Gasteiger partial charge in [0.15, 0.2) is 0 Å². The number of nitrogens with zero attached hydrogens (tertiary/aromatic N) is 4. The summed E-state index contributed by atoms with van der Waals surface area (Å²) in [5, 5.41) is 11.9. The Morgan fingerprint density at radius 2 is 1.86 bits per heavy atom. The molecule has 0 unspecified atom stereocenters. The fourth-order valence-corrected chi connectivity index (χ4v) is 3.52. The molecule has 2 aromatic heterocycles. The van der Waals surface area contributed by atoms with Crippen molar-refractivity contribution in [3.05, 3.63) is 42.6 Å². The van der Waals surface area contributed by atoms with Crippen molar-refractivity contribution in [2.75, 3.05) is 38.6 Å². The second-order valence-corrected chi connectivity index (χ2v) is 7.49. The van der Waals surface area contributed by atoms with E-state index in [9.17, 15) is 0 Å². The molecule has 1 aromatic carbocycles. The number of hydrogen-bond donors (Lipinski definition) is 1. The van der Waals surface area contributed by atoms with Gasteiger partial charge in [-0.15, -0.1) is 10.2 Å². The maximum Gasteiger partial charge on any atom is 0.251 e. The summed E-state index contributed by atoms with van der Waals surface area (Å²) in [6.45, 7) is 6.52. The first-order valence-corrected chi connectivity index (χ1v) is 10.1. The first kappa shape index (κ1) is 19.4. The van der Waals surface area contributed by atoms with Crippen LogP contribution in [0.4, 0.5) is 5.82 Å². The van der Waals surface area contributed by atoms with Gasteiger partial charge in [0.25, 0.3) is 5.89 Å². The number of piperidine rings is 1. The van der Waals surface area contributed by atoms with Gasteiger partial charge in [-0.2, -0.15) is 0 Å². The van der Waals surface area contributed by atoms with Gasteiger partial charge in [-0.3, -0.25) is 0 Å². The van der Waals surface area contributed by atoms with Crippen molar-refractivity contribution in [1.82, 2.24) is 20.1 Å². The number of aromatic nitrogens is 3. The fraction of sp³-hybridized carbons (Fsp3) is 0.409. The number of ether oxygens (including phenoxy) is 1.